The van der Waals surface area contributed by atoms with Crippen molar-refractivity contribution in [1.82, 2.24) is 4.72 Å². The van der Waals surface area contributed by atoms with Gasteiger partial charge in [-0.2, -0.15) is 0 Å². The van der Waals surface area contributed by atoms with Crippen LogP contribution >= 0.6 is 0 Å². The lowest BCUT2D eigenvalue weighted by molar-refractivity contribution is -0.136. The zero-order chi connectivity index (χ0) is 14.6. The van der Waals surface area contributed by atoms with Crippen LogP contribution in [0.25, 0.3) is 0 Å². The molecule has 0 spiro atoms. The Morgan fingerprint density at radius 3 is 2.42 bits per heavy atom. The van der Waals surface area contributed by atoms with Crippen LogP contribution in [-0.4, -0.2) is 30.8 Å². The highest BCUT2D eigenvalue weighted by Gasteiger charge is 2.28. The van der Waals surface area contributed by atoms with Crippen molar-refractivity contribution in [2.45, 2.75) is 38.5 Å². The molecule has 0 aliphatic rings. The van der Waals surface area contributed by atoms with E-state index in [4.69, 9.17) is 5.11 Å². The molecule has 0 fully saturated rings. The lowest BCUT2D eigenvalue weighted by Crippen LogP contribution is -2.42. The quantitative estimate of drug-likeness (QED) is 0.825. The predicted molar refractivity (Wildman–Crippen MR) is 73.5 cm³/mol. The minimum absolute atomic E-state index is 0.354. The topological polar surface area (TPSA) is 83.5 Å². The van der Waals surface area contributed by atoms with Crippen LogP contribution in [0.2, 0.25) is 0 Å². The lowest BCUT2D eigenvalue weighted by atomic mass is 10.0. The highest BCUT2D eigenvalue weighted by Crippen LogP contribution is 2.11. The third kappa shape index (κ3) is 4.33. The van der Waals surface area contributed by atoms with E-state index in [0.29, 0.717) is 6.42 Å². The molecule has 0 bridgehead atoms. The van der Waals surface area contributed by atoms with Gasteiger partial charge in [-0.15, -0.1) is 0 Å². The standard InChI is InChI=1S/C13H19NO4S/c1-9-6-4-5-7-12(9)8-10(2)14-19(17,18)11(3)13(15)16/h4-7,10-11,14H,8H2,1-3H3,(H,15,16). The summed E-state index contributed by atoms with van der Waals surface area (Å²) in [6.07, 6.45) is 0.526. The normalized spacial score (nSPS) is 14.9. The summed E-state index contributed by atoms with van der Waals surface area (Å²) < 4.78 is 25.9. The molecular formula is C13H19NO4S. The summed E-state index contributed by atoms with van der Waals surface area (Å²) in [4.78, 5) is 10.7. The fourth-order valence-corrected chi connectivity index (χ4v) is 2.84. The van der Waals surface area contributed by atoms with E-state index < -0.39 is 21.2 Å². The first kappa shape index (κ1) is 15.7. The van der Waals surface area contributed by atoms with Gasteiger partial charge >= 0.3 is 5.97 Å². The molecule has 2 N–H and O–H groups in total. The van der Waals surface area contributed by atoms with Crippen molar-refractivity contribution in [3.05, 3.63) is 35.4 Å². The molecular weight excluding hydrogens is 266 g/mol. The Labute approximate surface area is 113 Å². The first-order valence-electron chi connectivity index (χ1n) is 6.02. The van der Waals surface area contributed by atoms with Crippen LogP contribution in [0.3, 0.4) is 0 Å². The van der Waals surface area contributed by atoms with E-state index in [0.717, 1.165) is 18.1 Å². The van der Waals surface area contributed by atoms with E-state index in [1.54, 1.807) is 6.92 Å². The maximum absolute atomic E-state index is 11.8. The fraction of sp³-hybridized carbons (Fsp3) is 0.462. The highest BCUT2D eigenvalue weighted by atomic mass is 32.2. The molecule has 0 aromatic heterocycles. The van der Waals surface area contributed by atoms with Crippen LogP contribution in [0.4, 0.5) is 0 Å². The average Bonchev–Trinajstić information content (AvgIpc) is 2.30. The van der Waals surface area contributed by atoms with Crippen LogP contribution in [0.1, 0.15) is 25.0 Å². The van der Waals surface area contributed by atoms with Gasteiger partial charge in [-0.05, 0) is 38.3 Å². The Morgan fingerprint density at radius 1 is 1.32 bits per heavy atom. The van der Waals surface area contributed by atoms with E-state index in [2.05, 4.69) is 4.72 Å². The van der Waals surface area contributed by atoms with Crippen LogP contribution in [0.15, 0.2) is 24.3 Å². The van der Waals surface area contributed by atoms with Gasteiger partial charge in [0.2, 0.25) is 10.0 Å². The van der Waals surface area contributed by atoms with Gasteiger partial charge in [0, 0.05) is 6.04 Å². The summed E-state index contributed by atoms with van der Waals surface area (Å²) >= 11 is 0. The summed E-state index contributed by atoms with van der Waals surface area (Å²) in [5.41, 5.74) is 2.13. The van der Waals surface area contributed by atoms with E-state index in [1.165, 1.54) is 0 Å². The minimum Gasteiger partial charge on any atom is -0.480 e. The van der Waals surface area contributed by atoms with Crippen molar-refractivity contribution in [1.29, 1.82) is 0 Å². The first-order valence-corrected chi connectivity index (χ1v) is 7.57. The van der Waals surface area contributed by atoms with Gasteiger partial charge in [0.25, 0.3) is 0 Å². The Morgan fingerprint density at radius 2 is 1.89 bits per heavy atom. The minimum atomic E-state index is -3.84. The second-order valence-corrected chi connectivity index (χ2v) is 6.71. The molecule has 6 heteroatoms. The van der Waals surface area contributed by atoms with E-state index in [1.807, 2.05) is 31.2 Å². The molecule has 5 nitrogen and oxygen atoms in total. The number of benzene rings is 1. The molecule has 0 amide bonds. The Balaban J connectivity index is 2.74. The van der Waals surface area contributed by atoms with Gasteiger partial charge in [-0.25, -0.2) is 13.1 Å². The third-order valence-corrected chi connectivity index (χ3v) is 4.83. The fourth-order valence-electron chi connectivity index (χ4n) is 1.73. The van der Waals surface area contributed by atoms with Crippen LogP contribution < -0.4 is 4.72 Å². The molecule has 1 aromatic carbocycles. The second kappa shape index (κ2) is 6.16. The zero-order valence-electron chi connectivity index (χ0n) is 11.3. The number of aryl methyl sites for hydroxylation is 1. The number of hydrogen-bond donors (Lipinski definition) is 2. The Kier molecular flexibility index (Phi) is 5.08. The molecule has 106 valence electrons. The Bertz CT molecular complexity index is 554. The van der Waals surface area contributed by atoms with Gasteiger partial charge in [0.15, 0.2) is 5.25 Å². The van der Waals surface area contributed by atoms with Gasteiger partial charge in [-0.3, -0.25) is 4.79 Å². The summed E-state index contributed by atoms with van der Waals surface area (Å²) in [5.74, 6) is -1.35. The maximum Gasteiger partial charge on any atom is 0.323 e. The van der Waals surface area contributed by atoms with Crippen molar-refractivity contribution in [3.8, 4) is 0 Å². The molecule has 2 unspecified atom stereocenters. The van der Waals surface area contributed by atoms with Crippen LogP contribution in [-0.2, 0) is 21.2 Å². The molecule has 1 aromatic rings. The van der Waals surface area contributed by atoms with E-state index >= 15 is 0 Å². The molecule has 0 aliphatic heterocycles. The number of carboxylic acid groups (broad SMARTS) is 1. The highest BCUT2D eigenvalue weighted by molar-refractivity contribution is 7.90. The number of sulfonamides is 1. The van der Waals surface area contributed by atoms with Gasteiger partial charge in [-0.1, -0.05) is 24.3 Å². The van der Waals surface area contributed by atoms with Crippen molar-refractivity contribution in [3.63, 3.8) is 0 Å². The monoisotopic (exact) mass is 285 g/mol. The smallest absolute Gasteiger partial charge is 0.323 e. The summed E-state index contributed by atoms with van der Waals surface area (Å²) in [5, 5.41) is 7.29. The van der Waals surface area contributed by atoms with Gasteiger partial charge in [0.05, 0.1) is 0 Å². The van der Waals surface area contributed by atoms with Gasteiger partial charge < -0.3 is 5.11 Å². The maximum atomic E-state index is 11.8. The number of rotatable bonds is 6. The summed E-state index contributed by atoms with van der Waals surface area (Å²) in [6, 6.07) is 7.34. The molecule has 0 radical (unpaired) electrons. The number of nitrogens with one attached hydrogen (secondary N) is 1. The average molecular weight is 285 g/mol. The van der Waals surface area contributed by atoms with E-state index in [9.17, 15) is 13.2 Å². The van der Waals surface area contributed by atoms with E-state index in [-0.39, 0.29) is 6.04 Å². The predicted octanol–water partition coefficient (Wildman–Crippen LogP) is 1.32. The lowest BCUT2D eigenvalue weighted by Gasteiger charge is -2.17. The zero-order valence-corrected chi connectivity index (χ0v) is 12.1. The number of carbonyl (C=O) groups is 1. The molecule has 0 heterocycles. The van der Waals surface area contributed by atoms with Gasteiger partial charge in [0.1, 0.15) is 0 Å². The molecule has 1 rings (SSSR count). The largest absolute Gasteiger partial charge is 0.480 e. The SMILES string of the molecule is Cc1ccccc1CC(C)NS(=O)(=O)C(C)C(=O)O. The molecule has 0 aliphatic carbocycles. The van der Waals surface area contributed by atoms with Crippen LogP contribution in [0.5, 0.6) is 0 Å². The van der Waals surface area contributed by atoms with Crippen molar-refractivity contribution >= 4 is 16.0 Å². The molecule has 0 saturated carbocycles. The number of carboxylic acids is 1. The van der Waals surface area contributed by atoms with Crippen molar-refractivity contribution < 1.29 is 18.3 Å². The van der Waals surface area contributed by atoms with Crippen molar-refractivity contribution in [2.24, 2.45) is 0 Å². The number of hydrogen-bond acceptors (Lipinski definition) is 3. The summed E-state index contributed by atoms with van der Waals surface area (Å²) in [7, 11) is -3.84. The summed E-state index contributed by atoms with van der Waals surface area (Å²) in [6.45, 7) is 4.83. The Hall–Kier alpha value is -1.40. The number of aliphatic carboxylic acids is 1. The second-order valence-electron chi connectivity index (χ2n) is 4.67. The first-order chi connectivity index (χ1) is 8.74. The molecule has 19 heavy (non-hydrogen) atoms. The molecule has 2 atom stereocenters. The van der Waals surface area contributed by atoms with Crippen molar-refractivity contribution in [2.75, 3.05) is 0 Å². The van der Waals surface area contributed by atoms with Crippen LogP contribution in [0, 0.1) is 6.92 Å². The molecule has 0 saturated heterocycles. The third-order valence-electron chi connectivity index (χ3n) is 2.97.